The minimum Gasteiger partial charge on any atom is -0.512 e. The second-order valence-corrected chi connectivity index (χ2v) is 20.0. The molecule has 0 unspecified atom stereocenters. The third-order valence-electron chi connectivity index (χ3n) is 14.7. The summed E-state index contributed by atoms with van der Waals surface area (Å²) in [7, 11) is 0. The first kappa shape index (κ1) is 48.5. The van der Waals surface area contributed by atoms with Gasteiger partial charge < -0.3 is 15.1 Å². The van der Waals surface area contributed by atoms with E-state index >= 15 is 0 Å². The van der Waals surface area contributed by atoms with Gasteiger partial charge in [-0.05, 0) is 149 Å². The number of aliphatic hydroxyl groups excluding tert-OH is 1. The first-order valence-electron chi connectivity index (χ1n) is 24.9. The molecule has 4 aromatic carbocycles. The van der Waals surface area contributed by atoms with Crippen molar-refractivity contribution in [3.8, 4) is 22.5 Å². The Kier molecular flexibility index (Phi) is 16.3. The van der Waals surface area contributed by atoms with E-state index in [1.165, 1.54) is 77.6 Å². The van der Waals surface area contributed by atoms with Gasteiger partial charge in [0.2, 0.25) is 0 Å². The van der Waals surface area contributed by atoms with Crippen LogP contribution in [-0.4, -0.2) is 20.9 Å². The first-order chi connectivity index (χ1) is 31.1. The Morgan fingerprint density at radius 3 is 1.72 bits per heavy atom. The minimum atomic E-state index is 0. The fourth-order valence-electron chi connectivity index (χ4n) is 11.7. The standard InChI is InChI=1S/C27H28N.C20H20N.C13H24O2.Ir/c1-17-7-18(2)9-23(8-17)26-25-4-3-24(13-22(25)5-6-28-26)27-14-19-10-20(15-27)12-21(11-19)16-27;1-13(2)16-5-6-19-17(12-16)7-8-21-20(19)18-10-14(3)9-15(4)11-18;1-5-10(6-2)12(14)9-13(15)11(7-3)8-4;/h3-8,13,19-21H,10-12,14-16H2,1-2H3;5-10,12-13H,1-4H3;9-11,14H,5-8H2,1-4H3;/q2*-1;;/b;;12-9-;/i;8D;;. The van der Waals surface area contributed by atoms with Crippen molar-refractivity contribution in [2.24, 2.45) is 29.6 Å². The molecule has 4 aliphatic rings. The van der Waals surface area contributed by atoms with Crippen molar-refractivity contribution >= 4 is 27.3 Å². The molecule has 2 aromatic heterocycles. The molecule has 1 N–H and O–H groups in total. The van der Waals surface area contributed by atoms with E-state index in [4.69, 9.17) is 6.35 Å². The van der Waals surface area contributed by atoms with Gasteiger partial charge in [0.25, 0.3) is 0 Å². The molecule has 4 nitrogen and oxygen atoms in total. The quantitative estimate of drug-likeness (QED) is 0.0798. The maximum absolute atomic E-state index is 11.7. The van der Waals surface area contributed by atoms with E-state index in [1.54, 1.807) is 5.56 Å². The summed E-state index contributed by atoms with van der Waals surface area (Å²) < 4.78 is 8.03. The molecule has 10 rings (SSSR count). The van der Waals surface area contributed by atoms with Gasteiger partial charge in [-0.25, -0.2) is 0 Å². The van der Waals surface area contributed by atoms with Crippen molar-refractivity contribution in [3.63, 3.8) is 0 Å². The average molecular weight is 1050 g/mol. The number of fused-ring (bicyclic) bond motifs is 2. The third-order valence-corrected chi connectivity index (χ3v) is 14.7. The van der Waals surface area contributed by atoms with Crippen LogP contribution in [0.15, 0.2) is 97.0 Å². The summed E-state index contributed by atoms with van der Waals surface area (Å²) in [5, 5.41) is 14.5. The molecule has 4 saturated carbocycles. The zero-order chi connectivity index (χ0) is 46.6. The van der Waals surface area contributed by atoms with E-state index in [2.05, 4.69) is 118 Å². The molecule has 0 amide bonds. The SMILES string of the molecule is CCC(CC)C(=O)/C=C(\O)C(CC)CC.Cc1[c-]c(-c2nccc3cc(C45CC6CC(CC(C6)C4)C5)ccc23)cc(C)c1.[2H]c1cc2cc(C(C)C)ccc2c(-c2[c-]c(C)cc(C)c2)n1.[Ir]. The van der Waals surface area contributed by atoms with Crippen LogP contribution in [0.2, 0.25) is 0 Å². The Morgan fingerprint density at radius 1 is 0.708 bits per heavy atom. The fraction of sp³-hybridized carbons (Fsp3) is 0.450. The Labute approximate surface area is 405 Å². The molecule has 0 aliphatic heterocycles. The van der Waals surface area contributed by atoms with Crippen molar-refractivity contribution in [1.82, 2.24) is 9.97 Å². The molecule has 4 bridgehead atoms. The van der Waals surface area contributed by atoms with E-state index < -0.39 is 0 Å². The van der Waals surface area contributed by atoms with Gasteiger partial charge in [0.1, 0.15) is 0 Å². The molecule has 345 valence electrons. The number of nitrogens with zero attached hydrogens (tertiary/aromatic N) is 2. The van der Waals surface area contributed by atoms with E-state index in [1.807, 2.05) is 46.9 Å². The average Bonchev–Trinajstić information content (AvgIpc) is 3.25. The maximum atomic E-state index is 11.7. The Balaban J connectivity index is 0.000000171. The van der Waals surface area contributed by atoms with Crippen LogP contribution in [0.4, 0.5) is 0 Å². The maximum Gasteiger partial charge on any atom is 0.162 e. The van der Waals surface area contributed by atoms with Crippen LogP contribution in [0.5, 0.6) is 0 Å². The molecule has 4 fully saturated rings. The summed E-state index contributed by atoms with van der Waals surface area (Å²) in [5.41, 5.74) is 12.1. The second kappa shape index (κ2) is 21.9. The molecule has 6 aromatic rings. The van der Waals surface area contributed by atoms with Gasteiger partial charge in [0.05, 0.1) is 7.13 Å². The molecule has 0 saturated heterocycles. The number of aryl methyl sites for hydroxylation is 4. The van der Waals surface area contributed by atoms with Crippen molar-refractivity contribution in [2.45, 2.75) is 145 Å². The number of pyridine rings is 2. The number of hydrogen-bond donors (Lipinski definition) is 1. The van der Waals surface area contributed by atoms with Crippen molar-refractivity contribution in [2.75, 3.05) is 0 Å². The smallest absolute Gasteiger partial charge is 0.162 e. The van der Waals surface area contributed by atoms with E-state index in [0.29, 0.717) is 17.5 Å². The van der Waals surface area contributed by atoms with Gasteiger partial charge in [0, 0.05) is 50.4 Å². The van der Waals surface area contributed by atoms with Gasteiger partial charge in [-0.1, -0.05) is 106 Å². The second-order valence-electron chi connectivity index (χ2n) is 20.0. The Morgan fingerprint density at radius 2 is 1.22 bits per heavy atom. The summed E-state index contributed by atoms with van der Waals surface area (Å²) in [6, 6.07) is 33.2. The number of carbonyl (C=O) groups excluding carboxylic acids is 1. The molecule has 5 heteroatoms. The Hall–Kier alpha value is -4.44. The number of allylic oxidation sites excluding steroid dienone is 2. The van der Waals surface area contributed by atoms with Gasteiger partial charge >= 0.3 is 0 Å². The predicted molar refractivity (Wildman–Crippen MR) is 269 cm³/mol. The zero-order valence-electron chi connectivity index (χ0n) is 41.7. The number of aromatic nitrogens is 2. The topological polar surface area (TPSA) is 63.1 Å². The zero-order valence-corrected chi connectivity index (χ0v) is 43.1. The summed E-state index contributed by atoms with van der Waals surface area (Å²) in [6.45, 7) is 20.8. The summed E-state index contributed by atoms with van der Waals surface area (Å²) in [4.78, 5) is 20.9. The van der Waals surface area contributed by atoms with Crippen molar-refractivity contribution in [1.29, 1.82) is 0 Å². The number of rotatable bonds is 11. The molecule has 1 radical (unpaired) electrons. The summed E-state index contributed by atoms with van der Waals surface area (Å²) >= 11 is 0. The van der Waals surface area contributed by atoms with Crippen LogP contribution in [-0.2, 0) is 30.3 Å². The monoisotopic (exact) mass is 1050 g/mol. The third kappa shape index (κ3) is 11.6. The van der Waals surface area contributed by atoms with Gasteiger partial charge in [-0.2, -0.15) is 0 Å². The van der Waals surface area contributed by atoms with E-state index in [0.717, 1.165) is 82.3 Å². The van der Waals surface area contributed by atoms with Gasteiger partial charge in [-0.15, -0.1) is 69.8 Å². The summed E-state index contributed by atoms with van der Waals surface area (Å²) in [6.07, 6.45) is 16.0. The normalized spacial score (nSPS) is 20.0. The largest absolute Gasteiger partial charge is 0.512 e. The molecular weight excluding hydrogens is 973 g/mol. The minimum absolute atomic E-state index is 0. The number of hydrogen-bond acceptors (Lipinski definition) is 4. The molecular formula is C60H72IrN2O2-2. The van der Waals surface area contributed by atoms with Crippen LogP contribution < -0.4 is 0 Å². The van der Waals surface area contributed by atoms with Crippen LogP contribution in [0.3, 0.4) is 0 Å². The first-order valence-corrected chi connectivity index (χ1v) is 24.4. The number of benzene rings is 4. The number of ketones is 1. The van der Waals surface area contributed by atoms with Crippen LogP contribution in [0.25, 0.3) is 44.1 Å². The van der Waals surface area contributed by atoms with E-state index in [-0.39, 0.29) is 43.5 Å². The van der Waals surface area contributed by atoms with E-state index in [9.17, 15) is 9.90 Å². The van der Waals surface area contributed by atoms with Crippen LogP contribution in [0.1, 0.15) is 146 Å². The fourth-order valence-corrected chi connectivity index (χ4v) is 11.7. The molecule has 0 spiro atoms. The Bertz CT molecular complexity index is 2600. The van der Waals surface area contributed by atoms with Gasteiger partial charge in [-0.3, -0.25) is 4.79 Å². The summed E-state index contributed by atoms with van der Waals surface area (Å²) in [5.74, 6) is 3.98. The van der Waals surface area contributed by atoms with Crippen molar-refractivity contribution in [3.05, 3.63) is 143 Å². The molecule has 0 atom stereocenters. The van der Waals surface area contributed by atoms with Crippen LogP contribution in [0, 0.1) is 69.4 Å². The number of aliphatic hydroxyl groups is 1. The molecule has 4 aliphatic carbocycles. The predicted octanol–water partition coefficient (Wildman–Crippen LogP) is 16.1. The number of carbonyl (C=O) groups is 1. The molecule has 65 heavy (non-hydrogen) atoms. The van der Waals surface area contributed by atoms with Crippen molar-refractivity contribution < 1.29 is 31.4 Å². The van der Waals surface area contributed by atoms with Crippen LogP contribution >= 0.6 is 0 Å². The van der Waals surface area contributed by atoms with Gasteiger partial charge in [0.15, 0.2) is 5.78 Å². The molecule has 2 heterocycles.